The number of hydrogen-bond acceptors (Lipinski definition) is 4. The zero-order chi connectivity index (χ0) is 16.1. The molecule has 5 rings (SSSR count). The third-order valence-corrected chi connectivity index (χ3v) is 4.46. The number of hydrogen-bond donors (Lipinski definition) is 3. The molecule has 4 aromatic rings. The molecule has 0 unspecified atom stereocenters. The van der Waals surface area contributed by atoms with E-state index in [9.17, 15) is 4.79 Å². The van der Waals surface area contributed by atoms with E-state index >= 15 is 0 Å². The van der Waals surface area contributed by atoms with Gasteiger partial charge in [0.2, 0.25) is 0 Å². The molecule has 0 spiro atoms. The van der Waals surface area contributed by atoms with Crippen molar-refractivity contribution in [2.24, 2.45) is 0 Å². The van der Waals surface area contributed by atoms with E-state index in [2.05, 4.69) is 25.5 Å². The SMILES string of the molecule is O=c1[nH]ccc2nc(NC3CC3)c3ccc(-c4cn[nH]c4)cc3c12. The molecule has 3 aromatic heterocycles. The average molecular weight is 317 g/mol. The smallest absolute Gasteiger partial charge is 0.258 e. The van der Waals surface area contributed by atoms with Crippen molar-refractivity contribution >= 4 is 27.5 Å². The van der Waals surface area contributed by atoms with Gasteiger partial charge in [-0.3, -0.25) is 9.89 Å². The van der Waals surface area contributed by atoms with Crippen LogP contribution < -0.4 is 10.9 Å². The van der Waals surface area contributed by atoms with Gasteiger partial charge in [0, 0.05) is 34.8 Å². The van der Waals surface area contributed by atoms with Gasteiger partial charge in [-0.15, -0.1) is 0 Å². The number of anilines is 1. The Morgan fingerprint density at radius 3 is 2.83 bits per heavy atom. The van der Waals surface area contributed by atoms with Crippen LogP contribution in [0.4, 0.5) is 5.82 Å². The number of fused-ring (bicyclic) bond motifs is 3. The summed E-state index contributed by atoms with van der Waals surface area (Å²) >= 11 is 0. The topological polar surface area (TPSA) is 86.5 Å². The second-order valence-corrected chi connectivity index (χ2v) is 6.19. The quantitative estimate of drug-likeness (QED) is 0.507. The third kappa shape index (κ3) is 2.07. The van der Waals surface area contributed by atoms with Crippen LogP contribution in [0.3, 0.4) is 0 Å². The van der Waals surface area contributed by atoms with Crippen LogP contribution in [0.5, 0.6) is 0 Å². The van der Waals surface area contributed by atoms with Crippen molar-refractivity contribution in [3.05, 3.63) is 53.2 Å². The summed E-state index contributed by atoms with van der Waals surface area (Å²) in [5.74, 6) is 0.851. The molecule has 0 radical (unpaired) electrons. The number of rotatable bonds is 3. The van der Waals surface area contributed by atoms with Crippen LogP contribution in [0.15, 0.2) is 47.7 Å². The predicted octanol–water partition coefficient (Wildman–Crippen LogP) is 3.04. The maximum absolute atomic E-state index is 12.4. The van der Waals surface area contributed by atoms with E-state index in [1.807, 2.05) is 30.5 Å². The van der Waals surface area contributed by atoms with Gasteiger partial charge >= 0.3 is 0 Å². The van der Waals surface area contributed by atoms with Crippen molar-refractivity contribution in [3.63, 3.8) is 0 Å². The molecule has 6 heteroatoms. The first kappa shape index (κ1) is 13.3. The number of H-pyrrole nitrogens is 2. The van der Waals surface area contributed by atoms with Crippen molar-refractivity contribution in [3.8, 4) is 11.1 Å². The molecular formula is C18H15N5O. The number of aromatic amines is 2. The van der Waals surface area contributed by atoms with Gasteiger partial charge in [0.25, 0.3) is 5.56 Å². The molecular weight excluding hydrogens is 302 g/mol. The highest BCUT2D eigenvalue weighted by atomic mass is 16.1. The van der Waals surface area contributed by atoms with Crippen molar-refractivity contribution in [1.82, 2.24) is 20.2 Å². The Bertz CT molecular complexity index is 1110. The monoisotopic (exact) mass is 317 g/mol. The highest BCUT2D eigenvalue weighted by Crippen LogP contribution is 2.33. The zero-order valence-electron chi connectivity index (χ0n) is 12.8. The summed E-state index contributed by atoms with van der Waals surface area (Å²) in [4.78, 5) is 19.8. The summed E-state index contributed by atoms with van der Waals surface area (Å²) in [5.41, 5.74) is 2.60. The molecule has 3 N–H and O–H groups in total. The Labute approximate surface area is 136 Å². The van der Waals surface area contributed by atoms with E-state index < -0.39 is 0 Å². The van der Waals surface area contributed by atoms with Gasteiger partial charge in [0.1, 0.15) is 5.82 Å². The highest BCUT2D eigenvalue weighted by Gasteiger charge is 2.23. The summed E-state index contributed by atoms with van der Waals surface area (Å²) in [7, 11) is 0. The lowest BCUT2D eigenvalue weighted by molar-refractivity contribution is 1.09. The van der Waals surface area contributed by atoms with E-state index in [1.54, 1.807) is 12.4 Å². The molecule has 0 amide bonds. The van der Waals surface area contributed by atoms with Gasteiger partial charge in [-0.1, -0.05) is 12.1 Å². The van der Waals surface area contributed by atoms with Gasteiger partial charge in [-0.2, -0.15) is 5.10 Å². The number of nitrogens with zero attached hydrogens (tertiary/aromatic N) is 2. The molecule has 0 aliphatic heterocycles. The summed E-state index contributed by atoms with van der Waals surface area (Å²) in [6.45, 7) is 0. The predicted molar refractivity (Wildman–Crippen MR) is 94.1 cm³/mol. The fourth-order valence-electron chi connectivity index (χ4n) is 3.08. The van der Waals surface area contributed by atoms with Crippen LogP contribution in [0, 0.1) is 0 Å². The first-order chi connectivity index (χ1) is 11.8. The lowest BCUT2D eigenvalue weighted by atomic mass is 10.0. The standard InChI is InChI=1S/C18H15N5O/c24-18-16-14-7-10(11-8-20-21-9-11)1-4-13(14)17(22-12-2-3-12)23-15(16)5-6-19-18/h1,4-9,12H,2-3H2,(H,19,24)(H,20,21)(H,22,23). The van der Waals surface area contributed by atoms with Gasteiger partial charge in [0.15, 0.2) is 0 Å². The Morgan fingerprint density at radius 1 is 1.12 bits per heavy atom. The van der Waals surface area contributed by atoms with E-state index in [4.69, 9.17) is 0 Å². The van der Waals surface area contributed by atoms with Crippen LogP contribution in [0.1, 0.15) is 12.8 Å². The highest BCUT2D eigenvalue weighted by molar-refractivity contribution is 6.10. The molecule has 0 atom stereocenters. The Balaban J connectivity index is 1.86. The molecule has 1 saturated carbocycles. The number of benzene rings is 1. The third-order valence-electron chi connectivity index (χ3n) is 4.46. The van der Waals surface area contributed by atoms with Crippen LogP contribution in [0.2, 0.25) is 0 Å². The van der Waals surface area contributed by atoms with Crippen molar-refractivity contribution < 1.29 is 0 Å². The normalized spacial score (nSPS) is 14.3. The van der Waals surface area contributed by atoms with Crippen molar-refractivity contribution in [2.75, 3.05) is 5.32 Å². The van der Waals surface area contributed by atoms with Gasteiger partial charge in [-0.05, 0) is 30.5 Å². The fourth-order valence-corrected chi connectivity index (χ4v) is 3.08. The molecule has 0 bridgehead atoms. The minimum atomic E-state index is -0.118. The molecule has 24 heavy (non-hydrogen) atoms. The Morgan fingerprint density at radius 2 is 2.04 bits per heavy atom. The lowest BCUT2D eigenvalue weighted by Gasteiger charge is -2.11. The summed E-state index contributed by atoms with van der Waals surface area (Å²) in [6, 6.07) is 8.45. The van der Waals surface area contributed by atoms with E-state index in [0.29, 0.717) is 16.9 Å². The van der Waals surface area contributed by atoms with Gasteiger partial charge in [-0.25, -0.2) is 4.98 Å². The maximum Gasteiger partial charge on any atom is 0.258 e. The van der Waals surface area contributed by atoms with E-state index in [-0.39, 0.29) is 5.56 Å². The largest absolute Gasteiger partial charge is 0.367 e. The minimum absolute atomic E-state index is 0.118. The zero-order valence-corrected chi connectivity index (χ0v) is 12.8. The minimum Gasteiger partial charge on any atom is -0.367 e. The fraction of sp³-hybridized carbons (Fsp3) is 0.167. The maximum atomic E-state index is 12.4. The van der Waals surface area contributed by atoms with E-state index in [1.165, 1.54) is 12.8 Å². The second-order valence-electron chi connectivity index (χ2n) is 6.19. The Kier molecular flexibility index (Phi) is 2.73. The molecule has 1 aromatic carbocycles. The number of nitrogens with one attached hydrogen (secondary N) is 3. The Hall–Kier alpha value is -3.15. The van der Waals surface area contributed by atoms with Gasteiger partial charge < -0.3 is 10.3 Å². The van der Waals surface area contributed by atoms with Crippen LogP contribution >= 0.6 is 0 Å². The molecule has 6 nitrogen and oxygen atoms in total. The van der Waals surface area contributed by atoms with Crippen LogP contribution in [-0.4, -0.2) is 26.2 Å². The van der Waals surface area contributed by atoms with Crippen LogP contribution in [0.25, 0.3) is 32.8 Å². The lowest BCUT2D eigenvalue weighted by Crippen LogP contribution is -2.09. The molecule has 0 saturated heterocycles. The number of pyridine rings is 2. The summed E-state index contributed by atoms with van der Waals surface area (Å²) in [6.07, 6.45) is 7.61. The first-order valence-electron chi connectivity index (χ1n) is 8.00. The molecule has 1 aliphatic carbocycles. The van der Waals surface area contributed by atoms with E-state index in [0.717, 1.165) is 27.7 Å². The molecule has 1 fully saturated rings. The van der Waals surface area contributed by atoms with Gasteiger partial charge in [0.05, 0.1) is 17.1 Å². The average Bonchev–Trinajstić information content (AvgIpc) is 3.24. The second kappa shape index (κ2) is 4.92. The molecule has 3 heterocycles. The molecule has 1 aliphatic rings. The molecule has 118 valence electrons. The number of aromatic nitrogens is 4. The van der Waals surface area contributed by atoms with Crippen LogP contribution in [-0.2, 0) is 0 Å². The first-order valence-corrected chi connectivity index (χ1v) is 8.00. The summed E-state index contributed by atoms with van der Waals surface area (Å²) in [5, 5.41) is 12.8. The van der Waals surface area contributed by atoms with Crippen molar-refractivity contribution in [2.45, 2.75) is 18.9 Å². The summed E-state index contributed by atoms with van der Waals surface area (Å²) < 4.78 is 0. The van der Waals surface area contributed by atoms with Crippen molar-refractivity contribution in [1.29, 1.82) is 0 Å².